The van der Waals surface area contributed by atoms with Crippen molar-refractivity contribution >= 4 is 79.6 Å². The Morgan fingerprint density at radius 3 is 2.61 bits per heavy atom. The Labute approximate surface area is 183 Å². The minimum Gasteiger partial charge on any atom is -0.410 e. The maximum atomic E-state index is 12.1. The number of hydrogen-bond acceptors (Lipinski definition) is 6. The Hall–Kier alpha value is -1.77. The lowest BCUT2D eigenvalue weighted by Gasteiger charge is -2.05. The number of aromatic nitrogens is 2. The molecule has 1 N–H and O–H groups in total. The first-order valence-electron chi connectivity index (χ1n) is 7.89. The Morgan fingerprint density at radius 1 is 1.11 bits per heavy atom. The number of carbonyl (C=O) groups excluding carboxylic acids is 1. The second kappa shape index (κ2) is 8.31. The van der Waals surface area contributed by atoms with Gasteiger partial charge in [0, 0.05) is 25.8 Å². The molecule has 0 aliphatic rings. The monoisotopic (exact) mass is 469 g/mol. The van der Waals surface area contributed by atoms with Crippen LogP contribution in [0.4, 0.5) is 5.69 Å². The van der Waals surface area contributed by atoms with E-state index in [1.807, 2.05) is 24.3 Å². The SMILES string of the molecule is O=C(CSc1nnc(-c2sc3ccccc3c2Cl)o1)Nc1cc(Cl)cc(Cl)c1. The van der Waals surface area contributed by atoms with Crippen LogP contribution in [0.15, 0.2) is 52.1 Å². The number of thiophene rings is 1. The van der Waals surface area contributed by atoms with Crippen molar-refractivity contribution in [3.8, 4) is 10.8 Å². The van der Waals surface area contributed by atoms with Crippen molar-refractivity contribution in [1.82, 2.24) is 10.2 Å². The molecule has 0 bridgehead atoms. The number of anilines is 1. The van der Waals surface area contributed by atoms with Gasteiger partial charge in [-0.1, -0.05) is 64.8 Å². The number of amides is 1. The zero-order chi connectivity index (χ0) is 19.7. The summed E-state index contributed by atoms with van der Waals surface area (Å²) in [4.78, 5) is 12.8. The number of hydrogen-bond donors (Lipinski definition) is 1. The molecule has 0 aliphatic heterocycles. The molecule has 142 valence electrons. The van der Waals surface area contributed by atoms with E-state index in [1.54, 1.807) is 18.2 Å². The summed E-state index contributed by atoms with van der Waals surface area (Å²) in [6, 6.07) is 12.6. The lowest BCUT2D eigenvalue weighted by Crippen LogP contribution is -2.13. The first-order chi connectivity index (χ1) is 13.5. The maximum absolute atomic E-state index is 12.1. The second-order valence-electron chi connectivity index (χ2n) is 5.61. The number of rotatable bonds is 5. The first kappa shape index (κ1) is 19.5. The van der Waals surface area contributed by atoms with E-state index in [-0.39, 0.29) is 16.9 Å². The minimum absolute atomic E-state index is 0.0892. The van der Waals surface area contributed by atoms with Crippen LogP contribution in [0.2, 0.25) is 15.1 Å². The van der Waals surface area contributed by atoms with Gasteiger partial charge >= 0.3 is 0 Å². The summed E-state index contributed by atoms with van der Waals surface area (Å²) in [5, 5.41) is 13.4. The lowest BCUT2D eigenvalue weighted by atomic mass is 10.2. The third-order valence-corrected chi connectivity index (χ3v) is 6.53. The van der Waals surface area contributed by atoms with Crippen LogP contribution in [0.25, 0.3) is 20.9 Å². The molecule has 2 aromatic heterocycles. The van der Waals surface area contributed by atoms with Crippen LogP contribution in [-0.2, 0) is 4.79 Å². The van der Waals surface area contributed by atoms with E-state index in [2.05, 4.69) is 15.5 Å². The number of fused-ring (bicyclic) bond motifs is 1. The van der Waals surface area contributed by atoms with Gasteiger partial charge in [0.05, 0.1) is 10.8 Å². The van der Waals surface area contributed by atoms with Crippen LogP contribution in [-0.4, -0.2) is 21.9 Å². The van der Waals surface area contributed by atoms with E-state index >= 15 is 0 Å². The van der Waals surface area contributed by atoms with E-state index in [9.17, 15) is 4.79 Å². The highest BCUT2D eigenvalue weighted by molar-refractivity contribution is 7.99. The van der Waals surface area contributed by atoms with Crippen molar-refractivity contribution in [2.45, 2.75) is 5.22 Å². The van der Waals surface area contributed by atoms with Gasteiger partial charge < -0.3 is 9.73 Å². The van der Waals surface area contributed by atoms with Gasteiger partial charge in [0.25, 0.3) is 11.1 Å². The van der Waals surface area contributed by atoms with Crippen LogP contribution in [0, 0.1) is 0 Å². The van der Waals surface area contributed by atoms with Crippen molar-refractivity contribution in [3.63, 3.8) is 0 Å². The molecule has 2 heterocycles. The van der Waals surface area contributed by atoms with Crippen molar-refractivity contribution < 1.29 is 9.21 Å². The summed E-state index contributed by atoms with van der Waals surface area (Å²) in [6.07, 6.45) is 0. The molecule has 0 unspecified atom stereocenters. The molecule has 10 heteroatoms. The lowest BCUT2D eigenvalue weighted by molar-refractivity contribution is -0.113. The van der Waals surface area contributed by atoms with E-state index in [0.717, 1.165) is 21.8 Å². The second-order valence-corrected chi connectivity index (χ2v) is 8.84. The molecule has 28 heavy (non-hydrogen) atoms. The average molecular weight is 471 g/mol. The zero-order valence-corrected chi connectivity index (χ0v) is 17.8. The van der Waals surface area contributed by atoms with Gasteiger partial charge in [-0.25, -0.2) is 0 Å². The van der Waals surface area contributed by atoms with E-state index in [0.29, 0.717) is 31.5 Å². The number of thioether (sulfide) groups is 1. The molecule has 5 nitrogen and oxygen atoms in total. The van der Waals surface area contributed by atoms with Crippen LogP contribution >= 0.6 is 57.9 Å². The van der Waals surface area contributed by atoms with Crippen molar-refractivity contribution in [2.75, 3.05) is 11.1 Å². The predicted octanol–water partition coefficient (Wildman–Crippen LogP) is 6.64. The first-order valence-corrected chi connectivity index (χ1v) is 10.8. The topological polar surface area (TPSA) is 68.0 Å². The fraction of sp³-hybridized carbons (Fsp3) is 0.0556. The largest absolute Gasteiger partial charge is 0.410 e. The molecule has 2 aromatic carbocycles. The number of carbonyl (C=O) groups is 1. The predicted molar refractivity (Wildman–Crippen MR) is 116 cm³/mol. The molecule has 0 saturated carbocycles. The van der Waals surface area contributed by atoms with Gasteiger partial charge in [0.15, 0.2) is 0 Å². The van der Waals surface area contributed by atoms with Gasteiger partial charge in [-0.2, -0.15) is 0 Å². The van der Waals surface area contributed by atoms with E-state index in [4.69, 9.17) is 39.2 Å². The Morgan fingerprint density at radius 2 is 1.86 bits per heavy atom. The number of nitrogens with one attached hydrogen (secondary N) is 1. The van der Waals surface area contributed by atoms with Gasteiger partial charge in [-0.3, -0.25) is 4.79 Å². The van der Waals surface area contributed by atoms with Crippen LogP contribution in [0.1, 0.15) is 0 Å². The van der Waals surface area contributed by atoms with Crippen LogP contribution in [0.5, 0.6) is 0 Å². The Balaban J connectivity index is 1.43. The minimum atomic E-state index is -0.247. The normalized spacial score (nSPS) is 11.1. The van der Waals surface area contributed by atoms with Crippen molar-refractivity contribution in [3.05, 3.63) is 57.5 Å². The smallest absolute Gasteiger partial charge is 0.277 e. The molecule has 0 aliphatic carbocycles. The highest BCUT2D eigenvalue weighted by atomic mass is 35.5. The summed E-state index contributed by atoms with van der Waals surface area (Å²) in [6.45, 7) is 0. The number of nitrogens with zero attached hydrogens (tertiary/aromatic N) is 2. The Bertz CT molecular complexity index is 1160. The molecule has 4 aromatic rings. The molecule has 0 radical (unpaired) electrons. The number of halogens is 3. The summed E-state index contributed by atoms with van der Waals surface area (Å²) in [5.41, 5.74) is 0.520. The molecule has 4 rings (SSSR count). The summed E-state index contributed by atoms with van der Waals surface area (Å²) in [5.74, 6) is 0.171. The molecule has 0 saturated heterocycles. The van der Waals surface area contributed by atoms with Crippen LogP contribution in [0.3, 0.4) is 0 Å². The highest BCUT2D eigenvalue weighted by Gasteiger charge is 2.18. The van der Waals surface area contributed by atoms with Gasteiger partial charge in [0.1, 0.15) is 4.88 Å². The third kappa shape index (κ3) is 4.29. The zero-order valence-electron chi connectivity index (χ0n) is 13.9. The van der Waals surface area contributed by atoms with Crippen LogP contribution < -0.4 is 5.32 Å². The highest BCUT2D eigenvalue weighted by Crippen LogP contribution is 2.41. The van der Waals surface area contributed by atoms with E-state index < -0.39 is 0 Å². The van der Waals surface area contributed by atoms with Gasteiger partial charge in [0.2, 0.25) is 5.91 Å². The quantitative estimate of drug-likeness (QED) is 0.331. The Kier molecular flexibility index (Phi) is 5.80. The summed E-state index contributed by atoms with van der Waals surface area (Å²) in [7, 11) is 0. The molecule has 1 amide bonds. The summed E-state index contributed by atoms with van der Waals surface area (Å²) < 4.78 is 6.70. The number of benzene rings is 2. The van der Waals surface area contributed by atoms with Gasteiger partial charge in [-0.15, -0.1) is 21.5 Å². The molecule has 0 fully saturated rings. The third-order valence-electron chi connectivity index (χ3n) is 3.61. The summed E-state index contributed by atoms with van der Waals surface area (Å²) >= 11 is 20.9. The molecular formula is C18H10Cl3N3O2S2. The molecular weight excluding hydrogens is 461 g/mol. The standard InChI is InChI=1S/C18H10Cl3N3O2S2/c19-9-5-10(20)7-11(6-9)22-14(25)8-27-18-24-23-17(26-18)16-15(21)12-3-1-2-4-13(12)28-16/h1-7H,8H2,(H,22,25). The average Bonchev–Trinajstić information content (AvgIpc) is 3.24. The van der Waals surface area contributed by atoms with Crippen molar-refractivity contribution in [1.29, 1.82) is 0 Å². The van der Waals surface area contributed by atoms with Crippen molar-refractivity contribution in [2.24, 2.45) is 0 Å². The fourth-order valence-electron chi connectivity index (χ4n) is 2.46. The maximum Gasteiger partial charge on any atom is 0.277 e. The van der Waals surface area contributed by atoms with E-state index in [1.165, 1.54) is 11.3 Å². The molecule has 0 spiro atoms. The molecule has 0 atom stereocenters. The van der Waals surface area contributed by atoms with Gasteiger partial charge in [-0.05, 0) is 24.3 Å². The fourth-order valence-corrected chi connectivity index (χ4v) is 4.98.